The Morgan fingerprint density at radius 3 is 2.45 bits per heavy atom. The maximum absolute atomic E-state index is 13.4. The number of hydrogen-bond acceptors (Lipinski definition) is 4. The first-order chi connectivity index (χ1) is 14.7. The summed E-state index contributed by atoms with van der Waals surface area (Å²) in [5, 5.41) is 13.1. The van der Waals surface area contributed by atoms with Gasteiger partial charge in [0.1, 0.15) is 6.04 Å². The molecule has 2 aromatic rings. The number of aliphatic carboxylic acids is 1. The summed E-state index contributed by atoms with van der Waals surface area (Å²) in [5.41, 5.74) is -0.393. The van der Waals surface area contributed by atoms with Crippen LogP contribution in [0.2, 0.25) is 5.02 Å². The lowest BCUT2D eigenvalue weighted by molar-refractivity contribution is -0.141. The van der Waals surface area contributed by atoms with Crippen LogP contribution in [0.5, 0.6) is 0 Å². The van der Waals surface area contributed by atoms with Crippen LogP contribution >= 0.6 is 11.6 Å². The number of likely N-dealkylation sites (tertiary alicyclic amines) is 1. The van der Waals surface area contributed by atoms with Crippen molar-refractivity contribution in [2.75, 3.05) is 11.9 Å². The molecule has 0 aliphatic carbocycles. The molecule has 0 aromatic heterocycles. The number of hydrogen-bond donors (Lipinski definition) is 3. The fraction of sp³-hybridized carbons (Fsp3) is 0.200. The van der Waals surface area contributed by atoms with Crippen molar-refractivity contribution in [3.8, 4) is 0 Å². The highest BCUT2D eigenvalue weighted by Crippen LogP contribution is 2.24. The molecule has 0 radical (unpaired) electrons. The van der Waals surface area contributed by atoms with Gasteiger partial charge >= 0.3 is 12.0 Å². The van der Waals surface area contributed by atoms with E-state index in [1.54, 1.807) is 0 Å². The molecule has 1 aliphatic rings. The number of carbonyl (C=O) groups excluding carboxylic acids is 3. The molecule has 1 aliphatic heterocycles. The maximum Gasteiger partial charge on any atom is 0.326 e. The number of para-hydroxylation sites is 1. The number of carbonyl (C=O) groups is 4. The molecule has 162 valence electrons. The third kappa shape index (κ3) is 4.80. The molecule has 8 nitrogen and oxygen atoms in total. The van der Waals surface area contributed by atoms with E-state index in [9.17, 15) is 33.1 Å². The Hall–Kier alpha value is -3.53. The van der Waals surface area contributed by atoms with Gasteiger partial charge < -0.3 is 15.3 Å². The lowest BCUT2D eigenvalue weighted by atomic mass is 10.1. The maximum atomic E-state index is 13.4. The topological polar surface area (TPSA) is 116 Å². The number of benzene rings is 2. The average Bonchev–Trinajstić information content (AvgIpc) is 3.20. The van der Waals surface area contributed by atoms with E-state index in [1.807, 2.05) is 5.32 Å². The second-order valence-corrected chi connectivity index (χ2v) is 7.10. The van der Waals surface area contributed by atoms with Gasteiger partial charge in [-0.15, -0.1) is 0 Å². The van der Waals surface area contributed by atoms with Crippen molar-refractivity contribution in [1.82, 2.24) is 10.2 Å². The van der Waals surface area contributed by atoms with Crippen molar-refractivity contribution in [3.63, 3.8) is 0 Å². The van der Waals surface area contributed by atoms with Crippen LogP contribution in [0.3, 0.4) is 0 Å². The fourth-order valence-corrected chi connectivity index (χ4v) is 3.46. The first-order valence-corrected chi connectivity index (χ1v) is 9.46. The standard InChI is InChI=1S/C20H16ClF2N3O5/c21-12-9-14(23)13(22)8-11(12)17(27)25-20(31)24-15-5-2-1-4-10(15)18(28)26-7-3-6-16(26)19(29)30/h1-2,4-5,8-9,16H,3,6-7H2,(H,29,30)(H2,24,25,27,31)/t16-/m1/s1. The number of amides is 4. The summed E-state index contributed by atoms with van der Waals surface area (Å²) >= 11 is 5.72. The molecular formula is C20H16ClF2N3O5. The van der Waals surface area contributed by atoms with Crippen LogP contribution < -0.4 is 10.6 Å². The normalized spacial score (nSPS) is 15.5. The Labute approximate surface area is 179 Å². The zero-order chi connectivity index (χ0) is 22.7. The molecule has 1 heterocycles. The molecule has 0 spiro atoms. The van der Waals surface area contributed by atoms with Gasteiger partial charge in [0.25, 0.3) is 11.8 Å². The van der Waals surface area contributed by atoms with Gasteiger partial charge in [-0.1, -0.05) is 23.7 Å². The summed E-state index contributed by atoms with van der Waals surface area (Å²) in [4.78, 5) is 49.9. The van der Waals surface area contributed by atoms with Crippen molar-refractivity contribution in [3.05, 3.63) is 64.2 Å². The highest BCUT2D eigenvalue weighted by molar-refractivity contribution is 6.34. The molecular weight excluding hydrogens is 436 g/mol. The van der Waals surface area contributed by atoms with E-state index in [-0.39, 0.29) is 17.8 Å². The molecule has 11 heteroatoms. The van der Waals surface area contributed by atoms with E-state index < -0.39 is 52.1 Å². The summed E-state index contributed by atoms with van der Waals surface area (Å²) in [5.74, 6) is -5.36. The van der Waals surface area contributed by atoms with Crippen molar-refractivity contribution >= 4 is 41.1 Å². The first kappa shape index (κ1) is 22.2. The third-order valence-electron chi connectivity index (χ3n) is 4.69. The minimum atomic E-state index is -1.32. The Bertz CT molecular complexity index is 1080. The van der Waals surface area contributed by atoms with Crippen LogP contribution in [0.15, 0.2) is 36.4 Å². The average molecular weight is 452 g/mol. The quantitative estimate of drug-likeness (QED) is 0.617. The minimum Gasteiger partial charge on any atom is -0.480 e. The number of nitrogens with zero attached hydrogens (tertiary/aromatic N) is 1. The van der Waals surface area contributed by atoms with E-state index in [1.165, 1.54) is 29.2 Å². The van der Waals surface area contributed by atoms with E-state index in [0.29, 0.717) is 25.0 Å². The van der Waals surface area contributed by atoms with Crippen LogP contribution in [0.25, 0.3) is 0 Å². The van der Waals surface area contributed by atoms with E-state index in [2.05, 4.69) is 5.32 Å². The predicted octanol–water partition coefficient (Wildman–Crippen LogP) is 3.27. The zero-order valence-electron chi connectivity index (χ0n) is 15.8. The highest BCUT2D eigenvalue weighted by atomic mass is 35.5. The number of carboxylic acid groups (broad SMARTS) is 1. The van der Waals surface area contributed by atoms with Crippen LogP contribution in [0.1, 0.15) is 33.6 Å². The second-order valence-electron chi connectivity index (χ2n) is 6.69. The number of rotatable bonds is 4. The number of urea groups is 1. The van der Waals surface area contributed by atoms with Gasteiger partial charge in [-0.05, 0) is 37.1 Å². The van der Waals surface area contributed by atoms with Gasteiger partial charge in [0.05, 0.1) is 21.8 Å². The summed E-state index contributed by atoms with van der Waals surface area (Å²) in [6.07, 6.45) is 0.850. The molecule has 0 bridgehead atoms. The molecule has 0 saturated carbocycles. The Kier molecular flexibility index (Phi) is 6.50. The molecule has 3 N–H and O–H groups in total. The van der Waals surface area contributed by atoms with Gasteiger partial charge in [-0.3, -0.25) is 14.9 Å². The smallest absolute Gasteiger partial charge is 0.326 e. The lowest BCUT2D eigenvalue weighted by Crippen LogP contribution is -2.41. The highest BCUT2D eigenvalue weighted by Gasteiger charge is 2.35. The van der Waals surface area contributed by atoms with Gasteiger partial charge in [0.2, 0.25) is 0 Å². The molecule has 3 rings (SSSR count). The van der Waals surface area contributed by atoms with Crippen molar-refractivity contribution in [2.45, 2.75) is 18.9 Å². The Morgan fingerprint density at radius 1 is 1.06 bits per heavy atom. The summed E-state index contributed by atoms with van der Waals surface area (Å²) in [7, 11) is 0. The van der Waals surface area contributed by atoms with Crippen LogP contribution in [0.4, 0.5) is 19.3 Å². The van der Waals surface area contributed by atoms with Crippen molar-refractivity contribution in [2.24, 2.45) is 0 Å². The third-order valence-corrected chi connectivity index (χ3v) is 5.00. The molecule has 31 heavy (non-hydrogen) atoms. The van der Waals surface area contributed by atoms with Crippen molar-refractivity contribution in [1.29, 1.82) is 0 Å². The van der Waals surface area contributed by atoms with Gasteiger partial charge in [0, 0.05) is 6.54 Å². The number of nitrogens with one attached hydrogen (secondary N) is 2. The van der Waals surface area contributed by atoms with E-state index in [4.69, 9.17) is 11.6 Å². The largest absolute Gasteiger partial charge is 0.480 e. The summed E-state index contributed by atoms with van der Waals surface area (Å²) in [6, 6.07) is 5.00. The van der Waals surface area contributed by atoms with Gasteiger partial charge in [-0.25, -0.2) is 18.4 Å². The Morgan fingerprint density at radius 2 is 1.74 bits per heavy atom. The molecule has 1 atom stereocenters. The monoisotopic (exact) mass is 451 g/mol. The minimum absolute atomic E-state index is 0.0316. The van der Waals surface area contributed by atoms with Crippen LogP contribution in [-0.4, -0.2) is 46.4 Å². The number of imide groups is 1. The molecule has 1 saturated heterocycles. The lowest BCUT2D eigenvalue weighted by Gasteiger charge is -2.22. The number of anilines is 1. The predicted molar refractivity (Wildman–Crippen MR) is 106 cm³/mol. The van der Waals surface area contributed by atoms with Gasteiger partial charge in [0.15, 0.2) is 11.6 Å². The van der Waals surface area contributed by atoms with Crippen LogP contribution in [0, 0.1) is 11.6 Å². The fourth-order valence-electron chi connectivity index (χ4n) is 3.22. The van der Waals surface area contributed by atoms with Gasteiger partial charge in [-0.2, -0.15) is 0 Å². The Balaban J connectivity index is 1.76. The van der Waals surface area contributed by atoms with E-state index >= 15 is 0 Å². The van der Waals surface area contributed by atoms with Crippen molar-refractivity contribution < 1.29 is 33.1 Å². The number of halogens is 3. The van der Waals surface area contributed by atoms with Crippen LogP contribution in [-0.2, 0) is 4.79 Å². The molecule has 4 amide bonds. The molecule has 1 fully saturated rings. The summed E-state index contributed by atoms with van der Waals surface area (Å²) < 4.78 is 26.5. The SMILES string of the molecule is O=C(NC(=O)c1cc(F)c(F)cc1Cl)Nc1ccccc1C(=O)N1CCC[C@@H]1C(=O)O. The summed E-state index contributed by atoms with van der Waals surface area (Å²) in [6.45, 7) is 0.253. The number of carboxylic acids is 1. The first-order valence-electron chi connectivity index (χ1n) is 9.08. The zero-order valence-corrected chi connectivity index (χ0v) is 16.6. The molecule has 0 unspecified atom stereocenters. The second kappa shape index (κ2) is 9.09. The molecule has 2 aromatic carbocycles. The van der Waals surface area contributed by atoms with E-state index in [0.717, 1.165) is 0 Å².